The Labute approximate surface area is 157 Å². The Bertz CT molecular complexity index is 756. The summed E-state index contributed by atoms with van der Waals surface area (Å²) in [6.07, 6.45) is -0.658. The van der Waals surface area contributed by atoms with E-state index in [1.807, 2.05) is 44.2 Å². The second-order valence-electron chi connectivity index (χ2n) is 6.25. The highest BCUT2D eigenvalue weighted by Crippen LogP contribution is 2.24. The monoisotopic (exact) mass is 374 g/mol. The molecule has 2 aromatic carbocycles. The van der Waals surface area contributed by atoms with Gasteiger partial charge in [-0.3, -0.25) is 4.89 Å². The van der Waals surface area contributed by atoms with Crippen molar-refractivity contribution in [2.45, 2.75) is 25.9 Å². The lowest BCUT2D eigenvalue weighted by Crippen LogP contribution is -2.25. The number of hydrogen-bond acceptors (Lipinski definition) is 7. The number of rotatable bonds is 8. The van der Waals surface area contributed by atoms with Gasteiger partial charge in [0.15, 0.2) is 0 Å². The lowest BCUT2D eigenvalue weighted by Gasteiger charge is -2.21. The molecule has 0 spiro atoms. The van der Waals surface area contributed by atoms with E-state index in [0.717, 1.165) is 5.56 Å². The van der Waals surface area contributed by atoms with Crippen LogP contribution in [0.4, 0.5) is 4.79 Å². The molecule has 144 valence electrons. The first-order valence-corrected chi connectivity index (χ1v) is 8.35. The van der Waals surface area contributed by atoms with Gasteiger partial charge in [-0.05, 0) is 31.0 Å². The molecule has 0 fully saturated rings. The van der Waals surface area contributed by atoms with Crippen LogP contribution in [0.1, 0.15) is 30.6 Å². The predicted octanol–water partition coefficient (Wildman–Crippen LogP) is 4.33. The van der Waals surface area contributed by atoms with Crippen molar-refractivity contribution in [2.24, 2.45) is 0 Å². The maximum atomic E-state index is 12.2. The van der Waals surface area contributed by atoms with Crippen molar-refractivity contribution in [1.29, 1.82) is 0 Å². The van der Waals surface area contributed by atoms with Crippen LogP contribution in [0, 0.1) is 0 Å². The number of carbonyl (C=O) groups excluding carboxylic acids is 2. The van der Waals surface area contributed by atoms with Crippen LogP contribution in [0.2, 0.25) is 0 Å². The SMILES string of the molecule is COC(C)(C)CCOC(=O)OOOC(=O)c1ccccc1-c1ccccc1. The zero-order valence-corrected chi connectivity index (χ0v) is 15.5. The van der Waals surface area contributed by atoms with E-state index in [2.05, 4.69) is 14.8 Å². The standard InChI is InChI=1S/C20H22O7/c1-20(2,23-3)13-14-24-19(22)26-27-25-18(21)17-12-8-7-11-16(17)15-9-5-4-6-10-15/h4-12H,13-14H2,1-3H3. The number of hydrogen-bond donors (Lipinski definition) is 0. The molecule has 0 radical (unpaired) electrons. The van der Waals surface area contributed by atoms with Gasteiger partial charge in [-0.2, -0.15) is 0 Å². The zero-order chi connectivity index (χ0) is 19.7. The number of carbonyl (C=O) groups is 2. The minimum atomic E-state index is -1.12. The highest BCUT2D eigenvalue weighted by atomic mass is 17.5. The molecule has 0 amide bonds. The topological polar surface area (TPSA) is 80.3 Å². The van der Waals surface area contributed by atoms with Gasteiger partial charge in [0.05, 0.1) is 22.8 Å². The van der Waals surface area contributed by atoms with E-state index in [1.165, 1.54) is 0 Å². The molecule has 7 nitrogen and oxygen atoms in total. The molecule has 0 bridgehead atoms. The Hall–Kier alpha value is -2.90. The molecular weight excluding hydrogens is 352 g/mol. The highest BCUT2D eigenvalue weighted by Gasteiger charge is 2.19. The summed E-state index contributed by atoms with van der Waals surface area (Å²) >= 11 is 0. The van der Waals surface area contributed by atoms with Gasteiger partial charge >= 0.3 is 12.1 Å². The van der Waals surface area contributed by atoms with E-state index in [9.17, 15) is 9.59 Å². The van der Waals surface area contributed by atoms with Crippen molar-refractivity contribution >= 4 is 12.1 Å². The first-order chi connectivity index (χ1) is 12.9. The van der Waals surface area contributed by atoms with Crippen molar-refractivity contribution < 1.29 is 33.9 Å². The van der Waals surface area contributed by atoms with E-state index >= 15 is 0 Å². The smallest absolute Gasteiger partial charge is 0.432 e. The first kappa shape index (κ1) is 20.4. The van der Waals surface area contributed by atoms with Crippen LogP contribution >= 0.6 is 0 Å². The lowest BCUT2D eigenvalue weighted by atomic mass is 10.00. The second kappa shape index (κ2) is 9.70. The summed E-state index contributed by atoms with van der Waals surface area (Å²) in [5.74, 6) is -0.803. The lowest BCUT2D eigenvalue weighted by molar-refractivity contribution is -0.452. The molecule has 0 aliphatic carbocycles. The highest BCUT2D eigenvalue weighted by molar-refractivity contribution is 5.96. The molecule has 0 unspecified atom stereocenters. The van der Waals surface area contributed by atoms with Crippen LogP contribution in [0.3, 0.4) is 0 Å². The van der Waals surface area contributed by atoms with Crippen molar-refractivity contribution in [3.05, 3.63) is 60.2 Å². The molecule has 0 N–H and O–H groups in total. The summed E-state index contributed by atoms with van der Waals surface area (Å²) in [6, 6.07) is 16.2. The molecule has 2 rings (SSSR count). The number of ether oxygens (including phenoxy) is 2. The summed E-state index contributed by atoms with van der Waals surface area (Å²) < 4.78 is 10.00. The van der Waals surface area contributed by atoms with Crippen LogP contribution < -0.4 is 0 Å². The van der Waals surface area contributed by atoms with Gasteiger partial charge < -0.3 is 9.47 Å². The minimum absolute atomic E-state index is 0.0633. The van der Waals surface area contributed by atoms with Gasteiger partial charge in [0.2, 0.25) is 0 Å². The molecule has 0 atom stereocenters. The summed E-state index contributed by atoms with van der Waals surface area (Å²) in [7, 11) is 1.56. The average molecular weight is 374 g/mol. The fourth-order valence-electron chi connectivity index (χ4n) is 2.16. The summed E-state index contributed by atoms with van der Waals surface area (Å²) in [6.45, 7) is 3.77. The first-order valence-electron chi connectivity index (χ1n) is 8.35. The van der Waals surface area contributed by atoms with E-state index in [4.69, 9.17) is 9.47 Å². The zero-order valence-electron chi connectivity index (χ0n) is 15.5. The molecule has 7 heteroatoms. The van der Waals surface area contributed by atoms with Gasteiger partial charge in [0, 0.05) is 13.5 Å². The average Bonchev–Trinajstić information content (AvgIpc) is 2.68. The van der Waals surface area contributed by atoms with Gasteiger partial charge in [0.25, 0.3) is 0 Å². The Kier molecular flexibility index (Phi) is 7.34. The molecule has 2 aromatic rings. The molecule has 0 aliphatic rings. The van der Waals surface area contributed by atoms with Gasteiger partial charge in [-0.25, -0.2) is 14.5 Å². The molecule has 27 heavy (non-hydrogen) atoms. The Morgan fingerprint density at radius 2 is 1.59 bits per heavy atom. The van der Waals surface area contributed by atoms with Crippen molar-refractivity contribution in [2.75, 3.05) is 13.7 Å². The maximum absolute atomic E-state index is 12.2. The van der Waals surface area contributed by atoms with Gasteiger partial charge in [0.1, 0.15) is 0 Å². The normalized spacial score (nSPS) is 10.9. The summed E-state index contributed by atoms with van der Waals surface area (Å²) in [5.41, 5.74) is 1.33. The van der Waals surface area contributed by atoms with Crippen molar-refractivity contribution in [1.82, 2.24) is 0 Å². The second-order valence-corrected chi connectivity index (χ2v) is 6.25. The molecule has 0 heterocycles. The van der Waals surface area contributed by atoms with Crippen molar-refractivity contribution in [3.63, 3.8) is 0 Å². The third kappa shape index (κ3) is 6.40. The summed E-state index contributed by atoms with van der Waals surface area (Å²) in [4.78, 5) is 32.5. The third-order valence-corrected chi connectivity index (χ3v) is 3.92. The number of benzene rings is 2. The Morgan fingerprint density at radius 3 is 2.30 bits per heavy atom. The third-order valence-electron chi connectivity index (χ3n) is 3.92. The molecule has 0 saturated carbocycles. The minimum Gasteiger partial charge on any atom is -0.432 e. The number of methoxy groups -OCH3 is 1. The van der Waals surface area contributed by atoms with E-state index in [-0.39, 0.29) is 12.2 Å². The van der Waals surface area contributed by atoms with Crippen LogP contribution in [-0.4, -0.2) is 31.4 Å². The Morgan fingerprint density at radius 1 is 0.926 bits per heavy atom. The van der Waals surface area contributed by atoms with Gasteiger partial charge in [-0.15, -0.1) is 0 Å². The quantitative estimate of drug-likeness (QED) is 0.386. The van der Waals surface area contributed by atoms with Crippen LogP contribution in [0.15, 0.2) is 54.6 Å². The van der Waals surface area contributed by atoms with E-state index in [0.29, 0.717) is 12.0 Å². The Balaban J connectivity index is 1.84. The van der Waals surface area contributed by atoms with Gasteiger partial charge in [-0.1, -0.05) is 48.5 Å². The van der Waals surface area contributed by atoms with Crippen LogP contribution in [-0.2, 0) is 24.3 Å². The largest absolute Gasteiger partial charge is 0.543 e. The predicted molar refractivity (Wildman–Crippen MR) is 96.5 cm³/mol. The van der Waals surface area contributed by atoms with Crippen LogP contribution in [0.5, 0.6) is 0 Å². The fraction of sp³-hybridized carbons (Fsp3) is 0.300. The van der Waals surface area contributed by atoms with E-state index in [1.54, 1.807) is 31.4 Å². The van der Waals surface area contributed by atoms with Crippen molar-refractivity contribution in [3.8, 4) is 11.1 Å². The fourth-order valence-corrected chi connectivity index (χ4v) is 2.16. The maximum Gasteiger partial charge on any atom is 0.543 e. The van der Waals surface area contributed by atoms with Crippen LogP contribution in [0.25, 0.3) is 11.1 Å². The molecule has 0 aliphatic heterocycles. The summed E-state index contributed by atoms with van der Waals surface area (Å²) in [5, 5.41) is 4.26. The molecular formula is C20H22O7. The van der Waals surface area contributed by atoms with E-state index < -0.39 is 17.7 Å². The molecule has 0 saturated heterocycles. The molecule has 0 aromatic heterocycles.